The van der Waals surface area contributed by atoms with E-state index in [-0.39, 0.29) is 6.10 Å². The zero-order chi connectivity index (χ0) is 16.8. The molecule has 2 aliphatic rings. The van der Waals surface area contributed by atoms with Crippen LogP contribution in [0.25, 0.3) is 0 Å². The van der Waals surface area contributed by atoms with Crippen molar-refractivity contribution in [3.05, 3.63) is 11.8 Å². The van der Waals surface area contributed by atoms with Gasteiger partial charge in [0.15, 0.2) is 5.11 Å². The summed E-state index contributed by atoms with van der Waals surface area (Å²) in [5, 5.41) is 6.87. The van der Waals surface area contributed by atoms with Crippen molar-refractivity contribution in [2.75, 3.05) is 36.5 Å². The van der Waals surface area contributed by atoms with E-state index in [1.54, 1.807) is 0 Å². The summed E-state index contributed by atoms with van der Waals surface area (Å²) in [6, 6.07) is 2.05. The molecule has 2 fully saturated rings. The second kappa shape index (κ2) is 8.58. The van der Waals surface area contributed by atoms with Gasteiger partial charge in [-0.3, -0.25) is 0 Å². The van der Waals surface area contributed by atoms with Crippen molar-refractivity contribution in [1.29, 1.82) is 0 Å². The summed E-state index contributed by atoms with van der Waals surface area (Å²) in [5.74, 6) is 1.56. The van der Waals surface area contributed by atoms with E-state index in [0.717, 1.165) is 50.6 Å². The second-order valence-corrected chi connectivity index (χ2v) is 6.97. The Bertz CT molecular complexity index is 554. The van der Waals surface area contributed by atoms with Crippen LogP contribution in [0.15, 0.2) is 6.07 Å². The number of ether oxygens (including phenoxy) is 1. The normalized spacial score (nSPS) is 21.4. The number of rotatable bonds is 4. The first-order chi connectivity index (χ1) is 11.7. The quantitative estimate of drug-likeness (QED) is 0.810. The van der Waals surface area contributed by atoms with Gasteiger partial charge in [-0.1, -0.05) is 12.8 Å². The Morgan fingerprint density at radius 3 is 2.75 bits per heavy atom. The molecule has 132 valence electrons. The summed E-state index contributed by atoms with van der Waals surface area (Å²) < 4.78 is 5.60. The number of aryl methyl sites for hydroxylation is 1. The SMILES string of the molecule is Cc1cc(N2CCCCCC2)nc(NC(=S)NCC2CCCO2)n1. The molecule has 24 heavy (non-hydrogen) atoms. The van der Waals surface area contributed by atoms with Gasteiger partial charge < -0.3 is 20.3 Å². The van der Waals surface area contributed by atoms with Crippen LogP contribution >= 0.6 is 12.2 Å². The average molecular weight is 350 g/mol. The lowest BCUT2D eigenvalue weighted by Crippen LogP contribution is -2.35. The second-order valence-electron chi connectivity index (χ2n) is 6.56. The van der Waals surface area contributed by atoms with Crippen LogP contribution in [-0.2, 0) is 4.74 Å². The molecule has 1 aromatic rings. The van der Waals surface area contributed by atoms with Crippen molar-refractivity contribution in [1.82, 2.24) is 15.3 Å². The third-order valence-corrected chi connectivity index (χ3v) is 4.76. The predicted molar refractivity (Wildman–Crippen MR) is 101 cm³/mol. The van der Waals surface area contributed by atoms with E-state index in [9.17, 15) is 0 Å². The molecule has 1 unspecified atom stereocenters. The average Bonchev–Trinajstić information content (AvgIpc) is 2.92. The topological polar surface area (TPSA) is 62.3 Å². The molecule has 2 N–H and O–H groups in total. The van der Waals surface area contributed by atoms with Crippen LogP contribution in [0.5, 0.6) is 0 Å². The van der Waals surface area contributed by atoms with Crippen molar-refractivity contribution in [3.8, 4) is 0 Å². The van der Waals surface area contributed by atoms with E-state index in [1.807, 2.05) is 6.92 Å². The highest BCUT2D eigenvalue weighted by Gasteiger charge is 2.16. The molecule has 0 bridgehead atoms. The molecule has 0 aliphatic carbocycles. The van der Waals surface area contributed by atoms with Crippen molar-refractivity contribution >= 4 is 29.1 Å². The van der Waals surface area contributed by atoms with Gasteiger partial charge in [0.05, 0.1) is 6.10 Å². The third kappa shape index (κ3) is 5.01. The maximum Gasteiger partial charge on any atom is 0.231 e. The van der Waals surface area contributed by atoms with Gasteiger partial charge in [0, 0.05) is 38.0 Å². The maximum atomic E-state index is 5.60. The van der Waals surface area contributed by atoms with Gasteiger partial charge in [-0.15, -0.1) is 0 Å². The summed E-state index contributed by atoms with van der Waals surface area (Å²) in [6.07, 6.45) is 7.56. The Labute approximate surface area is 149 Å². The highest BCUT2D eigenvalue weighted by Crippen LogP contribution is 2.19. The lowest BCUT2D eigenvalue weighted by Gasteiger charge is -2.22. The van der Waals surface area contributed by atoms with Gasteiger partial charge in [-0.2, -0.15) is 4.98 Å². The first kappa shape index (κ1) is 17.4. The molecule has 0 radical (unpaired) electrons. The fourth-order valence-electron chi connectivity index (χ4n) is 3.23. The summed E-state index contributed by atoms with van der Waals surface area (Å²) in [6.45, 7) is 5.72. The van der Waals surface area contributed by atoms with Crippen LogP contribution < -0.4 is 15.5 Å². The maximum absolute atomic E-state index is 5.60. The van der Waals surface area contributed by atoms with E-state index >= 15 is 0 Å². The molecule has 0 spiro atoms. The summed E-state index contributed by atoms with van der Waals surface area (Å²) in [7, 11) is 0. The van der Waals surface area contributed by atoms with Gasteiger partial charge in [0.2, 0.25) is 5.95 Å². The number of nitrogens with one attached hydrogen (secondary N) is 2. The molecule has 0 amide bonds. The zero-order valence-electron chi connectivity index (χ0n) is 14.4. The smallest absolute Gasteiger partial charge is 0.231 e. The number of nitrogens with zero attached hydrogens (tertiary/aromatic N) is 3. The van der Waals surface area contributed by atoms with Crippen LogP contribution in [0.3, 0.4) is 0 Å². The van der Waals surface area contributed by atoms with Gasteiger partial charge in [-0.05, 0) is 44.8 Å². The van der Waals surface area contributed by atoms with Crippen LogP contribution in [-0.4, -0.2) is 47.4 Å². The molecule has 1 atom stereocenters. The minimum atomic E-state index is 0.260. The van der Waals surface area contributed by atoms with Crippen LogP contribution in [0.1, 0.15) is 44.2 Å². The molecule has 3 rings (SSSR count). The monoisotopic (exact) mass is 349 g/mol. The number of hydrogen-bond acceptors (Lipinski definition) is 5. The van der Waals surface area contributed by atoms with Crippen molar-refractivity contribution < 1.29 is 4.74 Å². The first-order valence-corrected chi connectivity index (χ1v) is 9.38. The minimum absolute atomic E-state index is 0.260. The highest BCUT2D eigenvalue weighted by atomic mass is 32.1. The van der Waals surface area contributed by atoms with Crippen LogP contribution in [0, 0.1) is 6.92 Å². The molecular formula is C17H27N5OS. The number of aromatic nitrogens is 2. The number of hydrogen-bond donors (Lipinski definition) is 2. The van der Waals surface area contributed by atoms with Gasteiger partial charge in [-0.25, -0.2) is 4.98 Å². The third-order valence-electron chi connectivity index (χ3n) is 4.51. The highest BCUT2D eigenvalue weighted by molar-refractivity contribution is 7.80. The first-order valence-electron chi connectivity index (χ1n) is 8.98. The fourth-order valence-corrected chi connectivity index (χ4v) is 3.40. The predicted octanol–water partition coefficient (Wildman–Crippen LogP) is 2.63. The molecule has 3 heterocycles. The summed E-state index contributed by atoms with van der Waals surface area (Å²) in [4.78, 5) is 11.5. The van der Waals surface area contributed by atoms with Gasteiger partial charge in [0.25, 0.3) is 0 Å². The van der Waals surface area contributed by atoms with Crippen LogP contribution in [0.4, 0.5) is 11.8 Å². The Kier molecular flexibility index (Phi) is 6.20. The Hall–Kier alpha value is -1.47. The zero-order valence-corrected chi connectivity index (χ0v) is 15.2. The minimum Gasteiger partial charge on any atom is -0.376 e. The molecule has 2 saturated heterocycles. The molecule has 0 aromatic carbocycles. The Morgan fingerprint density at radius 2 is 2.04 bits per heavy atom. The summed E-state index contributed by atoms with van der Waals surface area (Å²) in [5.41, 5.74) is 0.952. The van der Waals surface area contributed by atoms with E-state index in [1.165, 1.54) is 25.7 Å². The molecule has 7 heteroatoms. The van der Waals surface area contributed by atoms with E-state index < -0.39 is 0 Å². The lowest BCUT2D eigenvalue weighted by atomic mass is 10.2. The largest absolute Gasteiger partial charge is 0.376 e. The Morgan fingerprint density at radius 1 is 1.25 bits per heavy atom. The van der Waals surface area contributed by atoms with Crippen LogP contribution in [0.2, 0.25) is 0 Å². The van der Waals surface area contributed by atoms with E-state index in [4.69, 9.17) is 17.0 Å². The molecule has 6 nitrogen and oxygen atoms in total. The lowest BCUT2D eigenvalue weighted by molar-refractivity contribution is 0.114. The van der Waals surface area contributed by atoms with Gasteiger partial charge in [0.1, 0.15) is 5.82 Å². The number of thiocarbonyl (C=S) groups is 1. The standard InChI is InChI=1S/C17H27N5OS/c1-13-11-15(22-8-4-2-3-5-9-22)20-16(19-13)21-17(24)18-12-14-7-6-10-23-14/h11,14H,2-10,12H2,1H3,(H2,18,19,20,21,24). The fraction of sp³-hybridized carbons (Fsp3) is 0.706. The number of anilines is 2. The molecule has 1 aromatic heterocycles. The van der Waals surface area contributed by atoms with Crippen molar-refractivity contribution in [3.63, 3.8) is 0 Å². The summed E-state index contributed by atoms with van der Waals surface area (Å²) >= 11 is 5.36. The molecule has 2 aliphatic heterocycles. The molecule has 0 saturated carbocycles. The van der Waals surface area contributed by atoms with Crippen molar-refractivity contribution in [2.45, 2.75) is 51.6 Å². The van der Waals surface area contributed by atoms with E-state index in [0.29, 0.717) is 11.1 Å². The van der Waals surface area contributed by atoms with E-state index in [2.05, 4.69) is 31.6 Å². The van der Waals surface area contributed by atoms with Gasteiger partial charge >= 0.3 is 0 Å². The van der Waals surface area contributed by atoms with Crippen molar-refractivity contribution in [2.24, 2.45) is 0 Å². The Balaban J connectivity index is 1.59. The molecular weight excluding hydrogens is 322 g/mol.